The van der Waals surface area contributed by atoms with Crippen LogP contribution in [0.25, 0.3) is 0 Å². The van der Waals surface area contributed by atoms with Gasteiger partial charge in [-0.15, -0.1) is 0 Å². The first-order valence-electron chi connectivity index (χ1n) is 13.6. The molecular weight excluding hydrogens is 422 g/mol. The maximum absolute atomic E-state index is 11.2. The molecule has 0 bridgehead atoms. The monoisotopic (exact) mass is 465 g/mol. The molecule has 2 saturated carbocycles. The summed E-state index contributed by atoms with van der Waals surface area (Å²) < 4.78 is 0. The molecule has 5 rings (SSSR count). The van der Waals surface area contributed by atoms with E-state index in [1.165, 1.54) is 29.7 Å². The fraction of sp³-hybridized carbons (Fsp3) is 0.759. The normalized spacial score (nSPS) is 37.1. The van der Waals surface area contributed by atoms with Crippen molar-refractivity contribution in [1.29, 1.82) is 0 Å². The van der Waals surface area contributed by atoms with E-state index in [9.17, 15) is 9.90 Å². The van der Waals surface area contributed by atoms with E-state index < -0.39 is 0 Å². The zero-order valence-corrected chi connectivity index (χ0v) is 21.8. The van der Waals surface area contributed by atoms with Crippen LogP contribution < -0.4 is 5.32 Å². The zero-order valence-electron chi connectivity index (χ0n) is 21.8. The maximum atomic E-state index is 11.2. The third-order valence-electron chi connectivity index (χ3n) is 10.4. The number of aryl methyl sites for hydroxylation is 1. The number of fused-ring (bicyclic) bond motifs is 7. The Balaban J connectivity index is 1.37. The standard InChI is InChI=1S/C29H43N3O2/c1-17(16-30-19(3)33)6-9-25-18(2)27-26(32-31-25)15-24-22-8-7-20-14-21(34)10-12-28(20,4)23(22)11-13-29(24,27)5/h7,17,21-24,34H,6,8-16H2,1-5H3,(H,30,33)/t17-,21+,22-,23-,24+,28+,29+/m1/s1. The molecule has 7 atom stereocenters. The number of carbonyl (C=O) groups is 1. The molecule has 1 heterocycles. The van der Waals surface area contributed by atoms with Gasteiger partial charge in [0.2, 0.25) is 5.91 Å². The lowest BCUT2D eigenvalue weighted by atomic mass is 9.47. The number of nitrogens with zero attached hydrogens (tertiary/aromatic N) is 2. The minimum atomic E-state index is -0.141. The summed E-state index contributed by atoms with van der Waals surface area (Å²) in [5, 5.41) is 22.8. The minimum absolute atomic E-state index is 0.0397. The number of aromatic nitrogens is 2. The van der Waals surface area contributed by atoms with Crippen LogP contribution in [0.5, 0.6) is 0 Å². The van der Waals surface area contributed by atoms with Gasteiger partial charge < -0.3 is 10.4 Å². The Bertz CT molecular complexity index is 1000. The topological polar surface area (TPSA) is 75.1 Å². The molecule has 4 aliphatic carbocycles. The van der Waals surface area contributed by atoms with Crippen molar-refractivity contribution in [2.45, 2.75) is 104 Å². The van der Waals surface area contributed by atoms with Gasteiger partial charge in [-0.3, -0.25) is 4.79 Å². The molecule has 0 spiro atoms. The molecule has 1 aromatic heterocycles. The van der Waals surface area contributed by atoms with Crippen LogP contribution in [-0.2, 0) is 23.1 Å². The van der Waals surface area contributed by atoms with Gasteiger partial charge in [-0.2, -0.15) is 10.2 Å². The van der Waals surface area contributed by atoms with Gasteiger partial charge in [0.25, 0.3) is 0 Å². The molecule has 34 heavy (non-hydrogen) atoms. The Labute approximate surface area is 205 Å². The van der Waals surface area contributed by atoms with Crippen molar-refractivity contribution in [1.82, 2.24) is 15.5 Å². The number of rotatable bonds is 5. The Morgan fingerprint density at radius 3 is 2.71 bits per heavy atom. The van der Waals surface area contributed by atoms with Crippen LogP contribution in [-0.4, -0.2) is 33.9 Å². The first-order valence-corrected chi connectivity index (χ1v) is 13.6. The molecule has 2 fully saturated rings. The van der Waals surface area contributed by atoms with Gasteiger partial charge in [-0.25, -0.2) is 0 Å². The summed E-state index contributed by atoms with van der Waals surface area (Å²) in [6.07, 6.45) is 12.0. The number of amides is 1. The van der Waals surface area contributed by atoms with Crippen molar-refractivity contribution in [2.24, 2.45) is 29.1 Å². The second kappa shape index (κ2) is 8.72. The number of nitrogens with one attached hydrogen (secondary N) is 1. The van der Waals surface area contributed by atoms with Crippen LogP contribution in [0.15, 0.2) is 11.6 Å². The summed E-state index contributed by atoms with van der Waals surface area (Å²) in [7, 11) is 0. The second-order valence-corrected chi connectivity index (χ2v) is 12.5. The largest absolute Gasteiger partial charge is 0.393 e. The summed E-state index contributed by atoms with van der Waals surface area (Å²) in [4.78, 5) is 11.2. The van der Waals surface area contributed by atoms with E-state index >= 15 is 0 Å². The summed E-state index contributed by atoms with van der Waals surface area (Å²) in [6.45, 7) is 11.8. The zero-order chi connectivity index (χ0) is 24.3. The number of aliphatic hydroxyl groups is 1. The molecule has 5 heteroatoms. The molecule has 1 amide bonds. The second-order valence-electron chi connectivity index (χ2n) is 12.5. The fourth-order valence-electron chi connectivity index (χ4n) is 8.41. The van der Waals surface area contributed by atoms with Crippen molar-refractivity contribution < 1.29 is 9.90 Å². The summed E-state index contributed by atoms with van der Waals surface area (Å²) in [6, 6.07) is 0. The SMILES string of the molecule is CC(=O)NC[C@H](C)CCc1nnc2c(c1C)[C@@]1(C)CC[C@@H]3[C@@H](CC=C4C[C@@H](O)CC[C@@]43C)[C@@H]1C2. The first-order chi connectivity index (χ1) is 16.1. The molecule has 0 aliphatic heterocycles. The van der Waals surface area contributed by atoms with Crippen molar-refractivity contribution >= 4 is 5.91 Å². The van der Waals surface area contributed by atoms with Crippen molar-refractivity contribution in [3.8, 4) is 0 Å². The lowest BCUT2D eigenvalue weighted by Gasteiger charge is -2.57. The third kappa shape index (κ3) is 3.83. The Hall–Kier alpha value is -1.75. The van der Waals surface area contributed by atoms with Crippen molar-refractivity contribution in [3.63, 3.8) is 0 Å². The molecule has 0 unspecified atom stereocenters. The Morgan fingerprint density at radius 1 is 1.18 bits per heavy atom. The highest BCUT2D eigenvalue weighted by Crippen LogP contribution is 2.64. The predicted molar refractivity (Wildman–Crippen MR) is 134 cm³/mol. The lowest BCUT2D eigenvalue weighted by Crippen LogP contribution is -2.51. The van der Waals surface area contributed by atoms with Gasteiger partial charge >= 0.3 is 0 Å². The van der Waals surface area contributed by atoms with E-state index in [-0.39, 0.29) is 22.8 Å². The van der Waals surface area contributed by atoms with E-state index in [0.717, 1.165) is 63.1 Å². The summed E-state index contributed by atoms with van der Waals surface area (Å²) in [5.74, 6) is 2.55. The van der Waals surface area contributed by atoms with Gasteiger partial charge in [0, 0.05) is 13.5 Å². The smallest absolute Gasteiger partial charge is 0.216 e. The molecule has 186 valence electrons. The predicted octanol–water partition coefficient (Wildman–Crippen LogP) is 4.83. The highest BCUT2D eigenvalue weighted by Gasteiger charge is 2.58. The van der Waals surface area contributed by atoms with Crippen molar-refractivity contribution in [2.75, 3.05) is 6.54 Å². The van der Waals surface area contributed by atoms with Crippen LogP contribution in [0.2, 0.25) is 0 Å². The number of hydrogen-bond donors (Lipinski definition) is 2. The van der Waals surface area contributed by atoms with Gasteiger partial charge in [0.1, 0.15) is 0 Å². The van der Waals surface area contributed by atoms with E-state index in [2.05, 4.69) is 39.1 Å². The van der Waals surface area contributed by atoms with Crippen molar-refractivity contribution in [3.05, 3.63) is 34.2 Å². The molecule has 2 N–H and O–H groups in total. The van der Waals surface area contributed by atoms with E-state index in [4.69, 9.17) is 10.2 Å². The Morgan fingerprint density at radius 2 is 1.94 bits per heavy atom. The quantitative estimate of drug-likeness (QED) is 0.611. The highest BCUT2D eigenvalue weighted by molar-refractivity contribution is 5.72. The molecule has 0 aromatic carbocycles. The molecular formula is C29H43N3O2. The average molecular weight is 466 g/mol. The van der Waals surface area contributed by atoms with E-state index in [1.807, 2.05) is 0 Å². The van der Waals surface area contributed by atoms with E-state index in [0.29, 0.717) is 17.8 Å². The highest BCUT2D eigenvalue weighted by atomic mass is 16.3. The van der Waals surface area contributed by atoms with Crippen LogP contribution in [0.3, 0.4) is 0 Å². The summed E-state index contributed by atoms with van der Waals surface area (Å²) >= 11 is 0. The molecule has 4 aliphatic rings. The number of allylic oxidation sites excluding steroid dienone is 1. The van der Waals surface area contributed by atoms with Gasteiger partial charge in [-0.1, -0.05) is 32.4 Å². The number of aliphatic hydroxyl groups excluding tert-OH is 1. The van der Waals surface area contributed by atoms with Crippen LogP contribution in [0.1, 0.15) is 95.2 Å². The van der Waals surface area contributed by atoms with Crippen LogP contribution in [0, 0.1) is 36.0 Å². The Kier molecular flexibility index (Phi) is 6.15. The fourth-order valence-corrected chi connectivity index (χ4v) is 8.41. The maximum Gasteiger partial charge on any atom is 0.216 e. The number of carbonyl (C=O) groups excluding carboxylic acids is 1. The molecule has 5 nitrogen and oxygen atoms in total. The number of hydrogen-bond acceptors (Lipinski definition) is 4. The lowest BCUT2D eigenvalue weighted by molar-refractivity contribution is -0.119. The molecule has 0 radical (unpaired) electrons. The third-order valence-corrected chi connectivity index (χ3v) is 10.4. The van der Waals surface area contributed by atoms with E-state index in [1.54, 1.807) is 12.5 Å². The summed E-state index contributed by atoms with van der Waals surface area (Å²) in [5.41, 5.74) is 7.29. The van der Waals surface area contributed by atoms with Crippen LogP contribution in [0.4, 0.5) is 0 Å². The van der Waals surface area contributed by atoms with Crippen LogP contribution >= 0.6 is 0 Å². The first kappa shape index (κ1) is 24.0. The minimum Gasteiger partial charge on any atom is -0.393 e. The van der Waals surface area contributed by atoms with Gasteiger partial charge in [0.15, 0.2) is 0 Å². The molecule has 1 aromatic rings. The van der Waals surface area contributed by atoms with Gasteiger partial charge in [0.05, 0.1) is 17.5 Å². The average Bonchev–Trinajstić information content (AvgIpc) is 3.11. The molecule has 0 saturated heterocycles. The van der Waals surface area contributed by atoms with Gasteiger partial charge in [-0.05, 0) is 110 Å².